The van der Waals surface area contributed by atoms with E-state index in [9.17, 15) is 9.90 Å². The SMILES string of the molecule is CCC(O)COCCCCC1=CC(=O)OCC1. The third-order valence-electron chi connectivity index (χ3n) is 2.81. The molecule has 1 atom stereocenters. The van der Waals surface area contributed by atoms with Gasteiger partial charge < -0.3 is 14.6 Å². The van der Waals surface area contributed by atoms with Crippen molar-refractivity contribution in [1.82, 2.24) is 0 Å². The van der Waals surface area contributed by atoms with Gasteiger partial charge in [-0.2, -0.15) is 0 Å². The van der Waals surface area contributed by atoms with Crippen molar-refractivity contribution in [2.75, 3.05) is 19.8 Å². The Morgan fingerprint density at radius 2 is 2.35 bits per heavy atom. The van der Waals surface area contributed by atoms with Gasteiger partial charge in [-0.1, -0.05) is 12.5 Å². The number of cyclic esters (lactones) is 1. The smallest absolute Gasteiger partial charge is 0.330 e. The van der Waals surface area contributed by atoms with Gasteiger partial charge in [-0.15, -0.1) is 0 Å². The van der Waals surface area contributed by atoms with Gasteiger partial charge in [0.1, 0.15) is 0 Å². The molecule has 0 aromatic rings. The monoisotopic (exact) mass is 242 g/mol. The van der Waals surface area contributed by atoms with E-state index in [1.54, 1.807) is 6.08 Å². The molecule has 0 aliphatic carbocycles. The van der Waals surface area contributed by atoms with Crippen LogP contribution in [0.4, 0.5) is 0 Å². The first-order valence-corrected chi connectivity index (χ1v) is 6.34. The molecule has 1 aliphatic rings. The van der Waals surface area contributed by atoms with Crippen LogP contribution in [-0.2, 0) is 14.3 Å². The van der Waals surface area contributed by atoms with E-state index in [1.807, 2.05) is 6.92 Å². The van der Waals surface area contributed by atoms with Gasteiger partial charge in [-0.05, 0) is 25.7 Å². The summed E-state index contributed by atoms with van der Waals surface area (Å²) in [6, 6.07) is 0. The first kappa shape index (κ1) is 14.2. The van der Waals surface area contributed by atoms with Crippen molar-refractivity contribution in [3.63, 3.8) is 0 Å². The molecule has 0 saturated heterocycles. The zero-order valence-electron chi connectivity index (χ0n) is 10.5. The van der Waals surface area contributed by atoms with Crippen LogP contribution < -0.4 is 0 Å². The minimum absolute atomic E-state index is 0.214. The molecule has 0 spiro atoms. The van der Waals surface area contributed by atoms with Crippen LogP contribution in [0.5, 0.6) is 0 Å². The van der Waals surface area contributed by atoms with Crippen LogP contribution in [0.2, 0.25) is 0 Å². The number of esters is 1. The molecular formula is C13H22O4. The highest BCUT2D eigenvalue weighted by atomic mass is 16.5. The highest BCUT2D eigenvalue weighted by Crippen LogP contribution is 2.15. The Morgan fingerprint density at radius 3 is 3.06 bits per heavy atom. The molecule has 98 valence electrons. The van der Waals surface area contributed by atoms with Crippen molar-refractivity contribution in [1.29, 1.82) is 0 Å². The van der Waals surface area contributed by atoms with Crippen LogP contribution in [0.15, 0.2) is 11.6 Å². The molecule has 0 aromatic heterocycles. The van der Waals surface area contributed by atoms with E-state index in [1.165, 1.54) is 5.57 Å². The minimum Gasteiger partial charge on any atom is -0.462 e. The highest BCUT2D eigenvalue weighted by Gasteiger charge is 2.09. The van der Waals surface area contributed by atoms with E-state index in [0.29, 0.717) is 19.8 Å². The first-order valence-electron chi connectivity index (χ1n) is 6.34. The quantitative estimate of drug-likeness (QED) is 0.521. The maximum Gasteiger partial charge on any atom is 0.330 e. The second-order valence-electron chi connectivity index (χ2n) is 4.31. The lowest BCUT2D eigenvalue weighted by Gasteiger charge is -2.13. The van der Waals surface area contributed by atoms with Gasteiger partial charge >= 0.3 is 5.97 Å². The summed E-state index contributed by atoms with van der Waals surface area (Å²) in [5.41, 5.74) is 1.18. The van der Waals surface area contributed by atoms with Crippen LogP contribution in [-0.4, -0.2) is 37.0 Å². The summed E-state index contributed by atoms with van der Waals surface area (Å²) in [6.07, 6.45) is 5.77. The summed E-state index contributed by atoms with van der Waals surface area (Å²) in [7, 11) is 0. The fourth-order valence-electron chi connectivity index (χ4n) is 1.65. The standard InChI is InChI=1S/C13H22O4/c1-2-12(14)10-16-7-4-3-5-11-6-8-17-13(15)9-11/h9,12,14H,2-8,10H2,1H3. The number of unbranched alkanes of at least 4 members (excludes halogenated alkanes) is 1. The molecule has 0 saturated carbocycles. The molecule has 1 N–H and O–H groups in total. The summed E-state index contributed by atoms with van der Waals surface area (Å²) in [5.74, 6) is -0.214. The molecule has 0 bridgehead atoms. The summed E-state index contributed by atoms with van der Waals surface area (Å²) in [5, 5.41) is 9.26. The second-order valence-corrected chi connectivity index (χ2v) is 4.31. The Bertz CT molecular complexity index is 260. The third-order valence-corrected chi connectivity index (χ3v) is 2.81. The van der Waals surface area contributed by atoms with Gasteiger partial charge in [0.2, 0.25) is 0 Å². The van der Waals surface area contributed by atoms with Crippen molar-refractivity contribution in [2.24, 2.45) is 0 Å². The molecule has 17 heavy (non-hydrogen) atoms. The summed E-state index contributed by atoms with van der Waals surface area (Å²) >= 11 is 0. The zero-order valence-corrected chi connectivity index (χ0v) is 10.5. The van der Waals surface area contributed by atoms with Crippen LogP contribution in [0.1, 0.15) is 39.0 Å². The summed E-state index contributed by atoms with van der Waals surface area (Å²) in [4.78, 5) is 11.0. The maximum atomic E-state index is 11.0. The lowest BCUT2D eigenvalue weighted by Crippen LogP contribution is -2.14. The largest absolute Gasteiger partial charge is 0.462 e. The van der Waals surface area contributed by atoms with Gasteiger partial charge in [-0.25, -0.2) is 4.79 Å². The Balaban J connectivity index is 1.99. The fraction of sp³-hybridized carbons (Fsp3) is 0.769. The van der Waals surface area contributed by atoms with Gasteiger partial charge in [0.15, 0.2) is 0 Å². The van der Waals surface area contributed by atoms with Crippen molar-refractivity contribution < 1.29 is 19.4 Å². The van der Waals surface area contributed by atoms with Gasteiger partial charge in [0.05, 0.1) is 19.3 Å². The summed E-state index contributed by atoms with van der Waals surface area (Å²) in [6.45, 7) is 3.55. The number of hydrogen-bond donors (Lipinski definition) is 1. The minimum atomic E-state index is -0.342. The molecule has 4 nitrogen and oxygen atoms in total. The number of aliphatic hydroxyl groups is 1. The molecule has 4 heteroatoms. The number of rotatable bonds is 8. The van der Waals surface area contributed by atoms with E-state index in [-0.39, 0.29) is 12.1 Å². The third kappa shape index (κ3) is 6.44. The highest BCUT2D eigenvalue weighted by molar-refractivity contribution is 5.83. The predicted molar refractivity (Wildman–Crippen MR) is 64.6 cm³/mol. The lowest BCUT2D eigenvalue weighted by atomic mass is 10.0. The maximum absolute atomic E-state index is 11.0. The average molecular weight is 242 g/mol. The molecule has 0 radical (unpaired) electrons. The first-order chi connectivity index (χ1) is 8.22. The van der Waals surface area contributed by atoms with Crippen LogP contribution in [0.3, 0.4) is 0 Å². The van der Waals surface area contributed by atoms with Crippen LogP contribution in [0.25, 0.3) is 0 Å². The predicted octanol–water partition coefficient (Wildman–Crippen LogP) is 1.82. The normalized spacial score (nSPS) is 17.5. The van der Waals surface area contributed by atoms with E-state index < -0.39 is 0 Å². The Hall–Kier alpha value is -0.870. The number of hydrogen-bond acceptors (Lipinski definition) is 4. The molecule has 0 amide bonds. The number of ether oxygens (including phenoxy) is 2. The molecular weight excluding hydrogens is 220 g/mol. The van der Waals surface area contributed by atoms with E-state index in [0.717, 1.165) is 32.1 Å². The van der Waals surface area contributed by atoms with Gasteiger partial charge in [-0.3, -0.25) is 0 Å². The van der Waals surface area contributed by atoms with Gasteiger partial charge in [0, 0.05) is 19.1 Å². The molecule has 1 heterocycles. The zero-order chi connectivity index (χ0) is 12.5. The van der Waals surface area contributed by atoms with E-state index >= 15 is 0 Å². The van der Waals surface area contributed by atoms with E-state index in [4.69, 9.17) is 9.47 Å². The number of carbonyl (C=O) groups is 1. The topological polar surface area (TPSA) is 55.8 Å². The van der Waals surface area contributed by atoms with Gasteiger partial charge in [0.25, 0.3) is 0 Å². The van der Waals surface area contributed by atoms with Crippen LogP contribution in [0, 0.1) is 0 Å². The number of aliphatic hydroxyl groups excluding tert-OH is 1. The van der Waals surface area contributed by atoms with Crippen molar-refractivity contribution in [3.05, 3.63) is 11.6 Å². The molecule has 1 aliphatic heterocycles. The summed E-state index contributed by atoms with van der Waals surface area (Å²) < 4.78 is 10.2. The Morgan fingerprint density at radius 1 is 1.53 bits per heavy atom. The second kappa shape index (κ2) is 8.25. The molecule has 0 aromatic carbocycles. The van der Waals surface area contributed by atoms with Crippen molar-refractivity contribution in [2.45, 2.75) is 45.1 Å². The number of carbonyl (C=O) groups excluding carboxylic acids is 1. The lowest BCUT2D eigenvalue weighted by molar-refractivity contribution is -0.138. The Labute approximate surface area is 103 Å². The van der Waals surface area contributed by atoms with Crippen molar-refractivity contribution in [3.8, 4) is 0 Å². The average Bonchev–Trinajstić information content (AvgIpc) is 2.33. The molecule has 1 unspecified atom stereocenters. The van der Waals surface area contributed by atoms with Crippen molar-refractivity contribution >= 4 is 5.97 Å². The fourth-order valence-corrected chi connectivity index (χ4v) is 1.65. The molecule has 0 fully saturated rings. The molecule has 1 rings (SSSR count). The van der Waals surface area contributed by atoms with E-state index in [2.05, 4.69) is 0 Å². The van der Waals surface area contributed by atoms with Crippen LogP contribution >= 0.6 is 0 Å². The Kier molecular flexibility index (Phi) is 6.89.